The molecule has 1 aromatic carbocycles. The predicted molar refractivity (Wildman–Crippen MR) is 64.3 cm³/mol. The molecule has 1 aliphatic rings. The Labute approximate surface area is 101 Å². The van der Waals surface area contributed by atoms with E-state index in [1.807, 2.05) is 18.2 Å². The van der Waals surface area contributed by atoms with E-state index in [-0.39, 0.29) is 6.61 Å². The van der Waals surface area contributed by atoms with Gasteiger partial charge in [-0.3, -0.25) is 0 Å². The van der Waals surface area contributed by atoms with Crippen molar-refractivity contribution >= 4 is 0 Å². The fourth-order valence-electron chi connectivity index (χ4n) is 1.64. The third-order valence-electron chi connectivity index (χ3n) is 2.73. The van der Waals surface area contributed by atoms with Gasteiger partial charge in [-0.1, -0.05) is 6.07 Å². The van der Waals surface area contributed by atoms with Crippen molar-refractivity contribution in [3.63, 3.8) is 0 Å². The highest BCUT2D eigenvalue weighted by atomic mass is 19.1. The van der Waals surface area contributed by atoms with Crippen LogP contribution in [0.3, 0.4) is 0 Å². The smallest absolute Gasteiger partial charge is 0.161 e. The minimum absolute atomic E-state index is 0.0655. The molecule has 4 heteroatoms. The highest BCUT2D eigenvalue weighted by molar-refractivity contribution is 5.43. The van der Waals surface area contributed by atoms with E-state index in [0.717, 1.165) is 12.1 Å². The van der Waals surface area contributed by atoms with Gasteiger partial charge in [0.15, 0.2) is 11.5 Å². The summed E-state index contributed by atoms with van der Waals surface area (Å²) in [6.45, 7) is 0.411. The molecule has 0 bridgehead atoms. The summed E-state index contributed by atoms with van der Waals surface area (Å²) in [5.74, 6) is 1.26. The summed E-state index contributed by atoms with van der Waals surface area (Å²) in [4.78, 5) is 0. The second-order valence-electron chi connectivity index (χ2n) is 4.18. The number of halogens is 1. The van der Waals surface area contributed by atoms with Crippen molar-refractivity contribution in [1.82, 2.24) is 5.32 Å². The summed E-state index contributed by atoms with van der Waals surface area (Å²) in [6, 6.07) is 6.43. The van der Waals surface area contributed by atoms with Crippen LogP contribution in [-0.2, 0) is 6.54 Å². The summed E-state index contributed by atoms with van der Waals surface area (Å²) in [6.07, 6.45) is 2.55. The molecule has 1 aliphatic carbocycles. The first-order valence-electron chi connectivity index (χ1n) is 5.92. The van der Waals surface area contributed by atoms with Crippen LogP contribution in [0.1, 0.15) is 18.4 Å². The first-order chi connectivity index (χ1) is 8.33. The van der Waals surface area contributed by atoms with Crippen LogP contribution in [-0.4, -0.2) is 26.4 Å². The SMILES string of the molecule is COc1cc(CNC2CC2)ccc1OCCF. The second kappa shape index (κ2) is 5.87. The lowest BCUT2D eigenvalue weighted by Crippen LogP contribution is -2.15. The van der Waals surface area contributed by atoms with Crippen molar-refractivity contribution in [3.05, 3.63) is 23.8 Å². The molecule has 1 N–H and O–H groups in total. The quantitative estimate of drug-likeness (QED) is 0.792. The van der Waals surface area contributed by atoms with Gasteiger partial charge < -0.3 is 14.8 Å². The molecule has 0 heterocycles. The molecule has 2 rings (SSSR count). The van der Waals surface area contributed by atoms with E-state index in [4.69, 9.17) is 9.47 Å². The molecule has 1 saturated carbocycles. The highest BCUT2D eigenvalue weighted by Crippen LogP contribution is 2.28. The Morgan fingerprint density at radius 1 is 1.35 bits per heavy atom. The Morgan fingerprint density at radius 2 is 2.18 bits per heavy atom. The molecular weight excluding hydrogens is 221 g/mol. The number of benzene rings is 1. The van der Waals surface area contributed by atoms with Crippen molar-refractivity contribution in [2.24, 2.45) is 0 Å². The molecule has 0 spiro atoms. The second-order valence-corrected chi connectivity index (χ2v) is 4.18. The van der Waals surface area contributed by atoms with E-state index in [9.17, 15) is 4.39 Å². The van der Waals surface area contributed by atoms with Gasteiger partial charge in [0.25, 0.3) is 0 Å². The summed E-state index contributed by atoms with van der Waals surface area (Å²) in [5, 5.41) is 3.43. The molecule has 94 valence electrons. The molecule has 0 atom stereocenters. The lowest BCUT2D eigenvalue weighted by Gasteiger charge is -2.11. The van der Waals surface area contributed by atoms with Crippen LogP contribution < -0.4 is 14.8 Å². The van der Waals surface area contributed by atoms with Gasteiger partial charge in [0, 0.05) is 12.6 Å². The number of hydrogen-bond acceptors (Lipinski definition) is 3. The number of rotatable bonds is 7. The maximum absolute atomic E-state index is 12.0. The van der Waals surface area contributed by atoms with Crippen LogP contribution in [0.4, 0.5) is 4.39 Å². The molecule has 17 heavy (non-hydrogen) atoms. The summed E-state index contributed by atoms with van der Waals surface area (Å²) < 4.78 is 22.5. The number of nitrogens with one attached hydrogen (secondary N) is 1. The van der Waals surface area contributed by atoms with Crippen molar-refractivity contribution in [2.45, 2.75) is 25.4 Å². The zero-order valence-corrected chi connectivity index (χ0v) is 10.0. The van der Waals surface area contributed by atoms with Gasteiger partial charge in [0.2, 0.25) is 0 Å². The fraction of sp³-hybridized carbons (Fsp3) is 0.538. The van der Waals surface area contributed by atoms with Crippen LogP contribution in [0.2, 0.25) is 0 Å². The van der Waals surface area contributed by atoms with Gasteiger partial charge in [-0.15, -0.1) is 0 Å². The van der Waals surface area contributed by atoms with E-state index < -0.39 is 6.67 Å². The van der Waals surface area contributed by atoms with Crippen molar-refractivity contribution in [1.29, 1.82) is 0 Å². The Hall–Kier alpha value is -1.29. The van der Waals surface area contributed by atoms with Crippen molar-refractivity contribution in [2.75, 3.05) is 20.4 Å². The Morgan fingerprint density at radius 3 is 2.82 bits per heavy atom. The van der Waals surface area contributed by atoms with Crippen LogP contribution in [0.25, 0.3) is 0 Å². The minimum Gasteiger partial charge on any atom is -0.493 e. The molecule has 0 radical (unpaired) electrons. The molecule has 0 saturated heterocycles. The van der Waals surface area contributed by atoms with Gasteiger partial charge in [-0.25, -0.2) is 4.39 Å². The monoisotopic (exact) mass is 239 g/mol. The summed E-state index contributed by atoms with van der Waals surface area (Å²) >= 11 is 0. The Bertz CT molecular complexity index is 366. The standard InChI is InChI=1S/C13H18FNO2/c1-16-13-8-10(9-15-11-3-4-11)2-5-12(13)17-7-6-14/h2,5,8,11,15H,3-4,6-7,9H2,1H3. The van der Waals surface area contributed by atoms with Gasteiger partial charge in [-0.05, 0) is 30.5 Å². The molecule has 0 unspecified atom stereocenters. The zero-order chi connectivity index (χ0) is 12.1. The first-order valence-corrected chi connectivity index (χ1v) is 5.92. The average molecular weight is 239 g/mol. The van der Waals surface area contributed by atoms with E-state index in [1.165, 1.54) is 12.8 Å². The fourth-order valence-corrected chi connectivity index (χ4v) is 1.64. The third kappa shape index (κ3) is 3.60. The molecule has 1 aromatic rings. The molecule has 0 aromatic heterocycles. The van der Waals surface area contributed by atoms with Crippen LogP contribution >= 0.6 is 0 Å². The van der Waals surface area contributed by atoms with Crippen molar-refractivity contribution in [3.8, 4) is 11.5 Å². The van der Waals surface area contributed by atoms with Crippen LogP contribution in [0.15, 0.2) is 18.2 Å². The average Bonchev–Trinajstić information content (AvgIpc) is 3.18. The largest absolute Gasteiger partial charge is 0.493 e. The Kier molecular flexibility index (Phi) is 4.20. The predicted octanol–water partition coefficient (Wildman–Crippen LogP) is 2.30. The summed E-state index contributed by atoms with van der Waals surface area (Å²) in [7, 11) is 1.59. The summed E-state index contributed by atoms with van der Waals surface area (Å²) in [5.41, 5.74) is 1.15. The normalized spacial score (nSPS) is 14.7. The van der Waals surface area contributed by atoms with Crippen molar-refractivity contribution < 1.29 is 13.9 Å². The lowest BCUT2D eigenvalue weighted by atomic mass is 10.2. The molecule has 0 amide bonds. The maximum Gasteiger partial charge on any atom is 0.161 e. The highest BCUT2D eigenvalue weighted by Gasteiger charge is 2.20. The number of ether oxygens (including phenoxy) is 2. The van der Waals surface area contributed by atoms with Crippen LogP contribution in [0.5, 0.6) is 11.5 Å². The van der Waals surface area contributed by atoms with Gasteiger partial charge >= 0.3 is 0 Å². The van der Waals surface area contributed by atoms with E-state index in [0.29, 0.717) is 17.5 Å². The maximum atomic E-state index is 12.0. The first kappa shape index (κ1) is 12.2. The number of alkyl halides is 1. The van der Waals surface area contributed by atoms with Gasteiger partial charge in [0.1, 0.15) is 13.3 Å². The molecule has 3 nitrogen and oxygen atoms in total. The number of hydrogen-bond donors (Lipinski definition) is 1. The third-order valence-corrected chi connectivity index (χ3v) is 2.73. The Balaban J connectivity index is 1.98. The van der Waals surface area contributed by atoms with E-state index >= 15 is 0 Å². The van der Waals surface area contributed by atoms with Gasteiger partial charge in [-0.2, -0.15) is 0 Å². The minimum atomic E-state index is -0.492. The van der Waals surface area contributed by atoms with Crippen LogP contribution in [0, 0.1) is 0 Å². The van der Waals surface area contributed by atoms with Gasteiger partial charge in [0.05, 0.1) is 7.11 Å². The van der Waals surface area contributed by atoms with E-state index in [1.54, 1.807) is 7.11 Å². The zero-order valence-electron chi connectivity index (χ0n) is 10.0. The molecule has 1 fully saturated rings. The number of methoxy groups -OCH3 is 1. The van der Waals surface area contributed by atoms with E-state index in [2.05, 4.69) is 5.32 Å². The topological polar surface area (TPSA) is 30.5 Å². The molecular formula is C13H18FNO2. The lowest BCUT2D eigenvalue weighted by molar-refractivity contribution is 0.260. The molecule has 0 aliphatic heterocycles.